The van der Waals surface area contributed by atoms with E-state index in [1.807, 2.05) is 6.92 Å². The van der Waals surface area contributed by atoms with Crippen LogP contribution in [0.4, 0.5) is 0 Å². The Kier molecular flexibility index (Phi) is 3.96. The van der Waals surface area contributed by atoms with Crippen LogP contribution in [0.1, 0.15) is 32.6 Å². The Morgan fingerprint density at radius 2 is 2.23 bits per heavy atom. The normalized spacial score (nSPS) is 18.9. The molecule has 1 aliphatic carbocycles. The largest absolute Gasteiger partial charge is 0.351 e. The summed E-state index contributed by atoms with van der Waals surface area (Å²) in [6, 6.07) is -0.0407. The van der Waals surface area contributed by atoms with E-state index in [4.69, 9.17) is 5.73 Å². The number of carbonyl (C=O) groups excluding carboxylic acids is 1. The zero-order valence-electron chi connectivity index (χ0n) is 8.12. The van der Waals surface area contributed by atoms with Gasteiger partial charge in [-0.25, -0.2) is 0 Å². The molecule has 1 amide bonds. The van der Waals surface area contributed by atoms with Gasteiger partial charge in [0.25, 0.3) is 0 Å². The lowest BCUT2D eigenvalue weighted by molar-refractivity contribution is -0.123. The summed E-state index contributed by atoms with van der Waals surface area (Å²) in [5, 5.41) is 2.94. The molecule has 0 spiro atoms. The lowest BCUT2D eigenvalue weighted by atomic mass is 10.1. The Labute approximate surface area is 79.4 Å². The molecule has 0 bridgehead atoms. The number of rotatable bonds is 4. The van der Waals surface area contributed by atoms with Crippen molar-refractivity contribution in [2.75, 3.05) is 0 Å². The van der Waals surface area contributed by atoms with Gasteiger partial charge >= 0.3 is 0 Å². The highest BCUT2D eigenvalue weighted by atomic mass is 16.2. The van der Waals surface area contributed by atoms with Crippen LogP contribution in [0, 0.1) is 0 Å². The number of hydrogen-bond donors (Lipinski definition) is 2. The predicted octanol–water partition coefficient (Wildman–Crippen LogP) is 0.949. The molecule has 3 nitrogen and oxygen atoms in total. The number of hydrogen-bond acceptors (Lipinski definition) is 2. The Balaban J connectivity index is 2.23. The Morgan fingerprint density at radius 3 is 2.77 bits per heavy atom. The first-order valence-corrected chi connectivity index (χ1v) is 4.95. The predicted molar refractivity (Wildman–Crippen MR) is 53.2 cm³/mol. The van der Waals surface area contributed by atoms with Gasteiger partial charge in [0.1, 0.15) is 0 Å². The molecule has 0 saturated heterocycles. The van der Waals surface area contributed by atoms with Crippen molar-refractivity contribution in [3.8, 4) is 0 Å². The van der Waals surface area contributed by atoms with Crippen LogP contribution in [0.15, 0.2) is 12.2 Å². The van der Waals surface area contributed by atoms with E-state index in [2.05, 4.69) is 17.5 Å². The van der Waals surface area contributed by atoms with Crippen molar-refractivity contribution in [2.45, 2.75) is 44.7 Å². The molecule has 3 N–H and O–H groups in total. The fourth-order valence-electron chi connectivity index (χ4n) is 1.49. The summed E-state index contributed by atoms with van der Waals surface area (Å²) in [6.07, 6.45) is 7.81. The first kappa shape index (κ1) is 10.3. The summed E-state index contributed by atoms with van der Waals surface area (Å²) in [7, 11) is 0. The molecule has 0 saturated carbocycles. The summed E-state index contributed by atoms with van der Waals surface area (Å²) in [5.41, 5.74) is 5.67. The lowest BCUT2D eigenvalue weighted by Crippen LogP contribution is -2.44. The zero-order valence-corrected chi connectivity index (χ0v) is 8.12. The smallest absolute Gasteiger partial charge is 0.237 e. The van der Waals surface area contributed by atoms with E-state index in [9.17, 15) is 4.79 Å². The van der Waals surface area contributed by atoms with Gasteiger partial charge in [-0.05, 0) is 19.3 Å². The Morgan fingerprint density at radius 1 is 1.62 bits per heavy atom. The molecule has 0 fully saturated rings. The van der Waals surface area contributed by atoms with Crippen molar-refractivity contribution in [1.82, 2.24) is 5.32 Å². The molecule has 3 heteroatoms. The monoisotopic (exact) mass is 182 g/mol. The number of carbonyl (C=O) groups is 1. The summed E-state index contributed by atoms with van der Waals surface area (Å²) in [4.78, 5) is 11.4. The van der Waals surface area contributed by atoms with Gasteiger partial charge in [-0.15, -0.1) is 0 Å². The van der Waals surface area contributed by atoms with Gasteiger partial charge in [0.05, 0.1) is 6.04 Å². The average Bonchev–Trinajstić information content (AvgIpc) is 2.57. The van der Waals surface area contributed by atoms with E-state index in [-0.39, 0.29) is 18.0 Å². The summed E-state index contributed by atoms with van der Waals surface area (Å²) in [6.45, 7) is 2.03. The Hall–Kier alpha value is -0.830. The topological polar surface area (TPSA) is 55.1 Å². The fourth-order valence-corrected chi connectivity index (χ4v) is 1.49. The number of nitrogens with one attached hydrogen (secondary N) is 1. The van der Waals surface area contributed by atoms with Crippen LogP contribution in [-0.4, -0.2) is 18.0 Å². The van der Waals surface area contributed by atoms with E-state index in [0.717, 1.165) is 25.7 Å². The minimum Gasteiger partial charge on any atom is -0.351 e. The van der Waals surface area contributed by atoms with E-state index in [0.29, 0.717) is 0 Å². The van der Waals surface area contributed by atoms with E-state index in [1.165, 1.54) is 0 Å². The van der Waals surface area contributed by atoms with Crippen LogP contribution in [0.25, 0.3) is 0 Å². The maximum Gasteiger partial charge on any atom is 0.237 e. The van der Waals surface area contributed by atoms with Crippen LogP contribution >= 0.6 is 0 Å². The lowest BCUT2D eigenvalue weighted by Gasteiger charge is -2.15. The molecule has 0 unspecified atom stereocenters. The SMILES string of the molecule is CCC[C@H](N)C(=O)NC1CC=CC1. The van der Waals surface area contributed by atoms with Gasteiger partial charge in [-0.1, -0.05) is 25.5 Å². The van der Waals surface area contributed by atoms with Crippen molar-refractivity contribution in [3.63, 3.8) is 0 Å². The van der Waals surface area contributed by atoms with Crippen LogP contribution in [0.5, 0.6) is 0 Å². The minimum absolute atomic E-state index is 0.00412. The molecule has 1 atom stereocenters. The van der Waals surface area contributed by atoms with Crippen molar-refractivity contribution < 1.29 is 4.79 Å². The van der Waals surface area contributed by atoms with Gasteiger partial charge in [-0.3, -0.25) is 4.79 Å². The van der Waals surface area contributed by atoms with E-state index in [1.54, 1.807) is 0 Å². The van der Waals surface area contributed by atoms with Gasteiger partial charge in [0, 0.05) is 6.04 Å². The van der Waals surface area contributed by atoms with Gasteiger partial charge in [0.2, 0.25) is 5.91 Å². The maximum absolute atomic E-state index is 11.4. The molecule has 0 radical (unpaired) electrons. The van der Waals surface area contributed by atoms with Crippen LogP contribution in [0.3, 0.4) is 0 Å². The van der Waals surface area contributed by atoms with Crippen LogP contribution in [0.2, 0.25) is 0 Å². The van der Waals surface area contributed by atoms with Gasteiger partial charge in [0.15, 0.2) is 0 Å². The maximum atomic E-state index is 11.4. The number of nitrogens with two attached hydrogens (primary N) is 1. The van der Waals surface area contributed by atoms with Gasteiger partial charge < -0.3 is 11.1 Å². The Bertz CT molecular complexity index is 193. The van der Waals surface area contributed by atoms with Crippen molar-refractivity contribution in [1.29, 1.82) is 0 Å². The quantitative estimate of drug-likeness (QED) is 0.636. The summed E-state index contributed by atoms with van der Waals surface area (Å²) < 4.78 is 0. The van der Waals surface area contributed by atoms with Crippen molar-refractivity contribution >= 4 is 5.91 Å². The zero-order chi connectivity index (χ0) is 9.68. The molecule has 13 heavy (non-hydrogen) atoms. The second-order valence-electron chi connectivity index (χ2n) is 3.54. The molecule has 0 aromatic rings. The summed E-state index contributed by atoms with van der Waals surface area (Å²) >= 11 is 0. The molecule has 0 aliphatic heterocycles. The van der Waals surface area contributed by atoms with E-state index < -0.39 is 0 Å². The molecule has 0 heterocycles. The average molecular weight is 182 g/mol. The molecule has 1 aliphatic rings. The molecule has 1 rings (SSSR count). The third kappa shape index (κ3) is 3.19. The van der Waals surface area contributed by atoms with E-state index >= 15 is 0 Å². The van der Waals surface area contributed by atoms with Crippen molar-refractivity contribution in [2.24, 2.45) is 5.73 Å². The standard InChI is InChI=1S/C10H18N2O/c1-2-5-9(11)10(13)12-8-6-3-4-7-8/h3-4,8-9H,2,5-7,11H2,1H3,(H,12,13)/t9-/m0/s1. The molecule has 0 aromatic heterocycles. The third-order valence-electron chi connectivity index (χ3n) is 2.29. The third-order valence-corrected chi connectivity index (χ3v) is 2.29. The second kappa shape index (κ2) is 5.02. The highest BCUT2D eigenvalue weighted by molar-refractivity contribution is 5.81. The van der Waals surface area contributed by atoms with Crippen LogP contribution < -0.4 is 11.1 Å². The minimum atomic E-state index is -0.328. The molecular weight excluding hydrogens is 164 g/mol. The second-order valence-corrected chi connectivity index (χ2v) is 3.54. The molecular formula is C10H18N2O. The fraction of sp³-hybridized carbons (Fsp3) is 0.700. The first-order valence-electron chi connectivity index (χ1n) is 4.95. The number of amides is 1. The highest BCUT2D eigenvalue weighted by Crippen LogP contribution is 2.09. The highest BCUT2D eigenvalue weighted by Gasteiger charge is 2.17. The van der Waals surface area contributed by atoms with Gasteiger partial charge in [-0.2, -0.15) is 0 Å². The molecule has 74 valence electrons. The van der Waals surface area contributed by atoms with Crippen LogP contribution in [-0.2, 0) is 4.79 Å². The van der Waals surface area contributed by atoms with Crippen molar-refractivity contribution in [3.05, 3.63) is 12.2 Å². The summed E-state index contributed by atoms with van der Waals surface area (Å²) in [5.74, 6) is -0.00412. The first-order chi connectivity index (χ1) is 6.24. The molecule has 0 aromatic carbocycles.